The SMILES string of the molecule is CCCN(CCC)C(=O)c1cnn(Cc2ccccc2)c1. The van der Waals surface area contributed by atoms with Crippen LogP contribution in [0.5, 0.6) is 0 Å². The average Bonchev–Trinajstić information content (AvgIpc) is 2.96. The maximum absolute atomic E-state index is 12.5. The van der Waals surface area contributed by atoms with Gasteiger partial charge in [-0.3, -0.25) is 9.48 Å². The van der Waals surface area contributed by atoms with Crippen molar-refractivity contribution < 1.29 is 4.79 Å². The summed E-state index contributed by atoms with van der Waals surface area (Å²) >= 11 is 0. The van der Waals surface area contributed by atoms with Crippen LogP contribution < -0.4 is 0 Å². The van der Waals surface area contributed by atoms with Crippen molar-refractivity contribution in [2.24, 2.45) is 0 Å². The van der Waals surface area contributed by atoms with Gasteiger partial charge < -0.3 is 4.90 Å². The molecule has 0 unspecified atom stereocenters. The van der Waals surface area contributed by atoms with Crippen molar-refractivity contribution in [1.82, 2.24) is 14.7 Å². The molecular formula is C17H23N3O. The molecule has 0 saturated heterocycles. The fourth-order valence-electron chi connectivity index (χ4n) is 2.37. The zero-order valence-electron chi connectivity index (χ0n) is 12.8. The van der Waals surface area contributed by atoms with E-state index in [9.17, 15) is 4.79 Å². The zero-order chi connectivity index (χ0) is 15.1. The highest BCUT2D eigenvalue weighted by Gasteiger charge is 2.16. The lowest BCUT2D eigenvalue weighted by molar-refractivity contribution is 0.0755. The molecule has 112 valence electrons. The van der Waals surface area contributed by atoms with Crippen LogP contribution in [0.3, 0.4) is 0 Å². The molecule has 0 bridgehead atoms. The number of nitrogens with zero attached hydrogens (tertiary/aromatic N) is 3. The van der Waals surface area contributed by atoms with Gasteiger partial charge in [0.25, 0.3) is 5.91 Å². The van der Waals surface area contributed by atoms with E-state index >= 15 is 0 Å². The van der Waals surface area contributed by atoms with Gasteiger partial charge in [-0.1, -0.05) is 44.2 Å². The van der Waals surface area contributed by atoms with Gasteiger partial charge in [0.1, 0.15) is 0 Å². The molecule has 0 radical (unpaired) electrons. The molecule has 2 aromatic rings. The molecule has 1 aromatic carbocycles. The Labute approximate surface area is 126 Å². The van der Waals surface area contributed by atoms with Crippen molar-refractivity contribution >= 4 is 5.91 Å². The van der Waals surface area contributed by atoms with Crippen LogP contribution >= 0.6 is 0 Å². The lowest BCUT2D eigenvalue weighted by Crippen LogP contribution is -2.32. The molecule has 1 amide bonds. The van der Waals surface area contributed by atoms with E-state index in [1.54, 1.807) is 6.20 Å². The number of rotatable bonds is 7. The van der Waals surface area contributed by atoms with Crippen molar-refractivity contribution in [1.29, 1.82) is 0 Å². The predicted octanol–water partition coefficient (Wildman–Crippen LogP) is 3.19. The van der Waals surface area contributed by atoms with Crippen LogP contribution in [0.1, 0.15) is 42.6 Å². The van der Waals surface area contributed by atoms with Crippen LogP contribution in [0.2, 0.25) is 0 Å². The normalized spacial score (nSPS) is 10.6. The second-order valence-corrected chi connectivity index (χ2v) is 5.20. The number of carbonyl (C=O) groups excluding carboxylic acids is 1. The number of benzene rings is 1. The van der Waals surface area contributed by atoms with Crippen molar-refractivity contribution in [3.63, 3.8) is 0 Å². The van der Waals surface area contributed by atoms with Crippen molar-refractivity contribution in [3.05, 3.63) is 53.9 Å². The fraction of sp³-hybridized carbons (Fsp3) is 0.412. The number of carbonyl (C=O) groups is 1. The molecule has 2 rings (SSSR count). The van der Waals surface area contributed by atoms with Crippen molar-refractivity contribution in [2.45, 2.75) is 33.2 Å². The number of hydrogen-bond acceptors (Lipinski definition) is 2. The average molecular weight is 285 g/mol. The van der Waals surface area contributed by atoms with E-state index in [0.717, 1.165) is 25.9 Å². The molecule has 0 aliphatic heterocycles. The van der Waals surface area contributed by atoms with Crippen LogP contribution in [-0.4, -0.2) is 33.7 Å². The fourth-order valence-corrected chi connectivity index (χ4v) is 2.37. The summed E-state index contributed by atoms with van der Waals surface area (Å²) in [4.78, 5) is 14.4. The summed E-state index contributed by atoms with van der Waals surface area (Å²) in [5, 5.41) is 4.30. The van der Waals surface area contributed by atoms with Gasteiger partial charge in [0.2, 0.25) is 0 Å². The van der Waals surface area contributed by atoms with Gasteiger partial charge in [-0.05, 0) is 18.4 Å². The van der Waals surface area contributed by atoms with Gasteiger partial charge in [-0.15, -0.1) is 0 Å². The highest BCUT2D eigenvalue weighted by Crippen LogP contribution is 2.08. The van der Waals surface area contributed by atoms with Gasteiger partial charge in [-0.25, -0.2) is 0 Å². The van der Waals surface area contributed by atoms with Gasteiger partial charge in [0, 0.05) is 19.3 Å². The first-order valence-electron chi connectivity index (χ1n) is 7.60. The number of hydrogen-bond donors (Lipinski definition) is 0. The Balaban J connectivity index is 2.06. The Morgan fingerprint density at radius 1 is 1.14 bits per heavy atom. The first-order valence-corrected chi connectivity index (χ1v) is 7.60. The molecule has 0 aliphatic carbocycles. The largest absolute Gasteiger partial charge is 0.339 e. The number of aromatic nitrogens is 2. The third kappa shape index (κ3) is 4.18. The van der Waals surface area contributed by atoms with E-state index in [2.05, 4.69) is 31.1 Å². The second kappa shape index (κ2) is 7.62. The first kappa shape index (κ1) is 15.3. The van der Waals surface area contributed by atoms with Gasteiger partial charge in [0.15, 0.2) is 0 Å². The van der Waals surface area contributed by atoms with Crippen LogP contribution in [0.15, 0.2) is 42.7 Å². The zero-order valence-corrected chi connectivity index (χ0v) is 12.8. The Morgan fingerprint density at radius 2 is 1.81 bits per heavy atom. The Hall–Kier alpha value is -2.10. The van der Waals surface area contributed by atoms with Crippen molar-refractivity contribution in [2.75, 3.05) is 13.1 Å². The highest BCUT2D eigenvalue weighted by molar-refractivity contribution is 5.93. The maximum Gasteiger partial charge on any atom is 0.257 e. The molecule has 0 atom stereocenters. The standard InChI is InChI=1S/C17H23N3O/c1-3-10-19(11-4-2)17(21)16-12-18-20(14-16)13-15-8-6-5-7-9-15/h5-9,12,14H,3-4,10-11,13H2,1-2H3. The molecular weight excluding hydrogens is 262 g/mol. The molecule has 0 aliphatic rings. The molecule has 1 heterocycles. The minimum absolute atomic E-state index is 0.0815. The summed E-state index contributed by atoms with van der Waals surface area (Å²) in [6.07, 6.45) is 5.46. The van der Waals surface area contributed by atoms with E-state index in [-0.39, 0.29) is 5.91 Å². The van der Waals surface area contributed by atoms with Gasteiger partial charge >= 0.3 is 0 Å². The van der Waals surface area contributed by atoms with Crippen LogP contribution in [-0.2, 0) is 6.54 Å². The van der Waals surface area contributed by atoms with E-state index in [1.165, 1.54) is 5.56 Å². The first-order chi connectivity index (χ1) is 10.2. The molecule has 21 heavy (non-hydrogen) atoms. The highest BCUT2D eigenvalue weighted by atomic mass is 16.2. The van der Waals surface area contributed by atoms with E-state index in [4.69, 9.17) is 0 Å². The number of amides is 1. The minimum Gasteiger partial charge on any atom is -0.339 e. The Kier molecular flexibility index (Phi) is 5.55. The van der Waals surface area contributed by atoms with Gasteiger partial charge in [0.05, 0.1) is 18.3 Å². The quantitative estimate of drug-likeness (QED) is 0.783. The Morgan fingerprint density at radius 3 is 2.43 bits per heavy atom. The third-order valence-corrected chi connectivity index (χ3v) is 3.34. The summed E-state index contributed by atoms with van der Waals surface area (Å²) in [6.45, 7) is 6.48. The summed E-state index contributed by atoms with van der Waals surface area (Å²) in [5.74, 6) is 0.0815. The molecule has 0 fully saturated rings. The molecule has 0 spiro atoms. The van der Waals surface area contributed by atoms with Crippen LogP contribution in [0.25, 0.3) is 0 Å². The van der Waals surface area contributed by atoms with Crippen LogP contribution in [0.4, 0.5) is 0 Å². The second-order valence-electron chi connectivity index (χ2n) is 5.20. The lowest BCUT2D eigenvalue weighted by atomic mass is 10.2. The lowest BCUT2D eigenvalue weighted by Gasteiger charge is -2.20. The molecule has 1 aromatic heterocycles. The molecule has 4 nitrogen and oxygen atoms in total. The predicted molar refractivity (Wildman–Crippen MR) is 84.3 cm³/mol. The summed E-state index contributed by atoms with van der Waals surface area (Å²) in [5.41, 5.74) is 1.85. The minimum atomic E-state index is 0.0815. The van der Waals surface area contributed by atoms with Crippen molar-refractivity contribution in [3.8, 4) is 0 Å². The third-order valence-electron chi connectivity index (χ3n) is 3.34. The summed E-state index contributed by atoms with van der Waals surface area (Å²) in [7, 11) is 0. The van der Waals surface area contributed by atoms with E-state index < -0.39 is 0 Å². The molecule has 0 saturated carbocycles. The van der Waals surface area contributed by atoms with E-state index in [1.807, 2.05) is 34.0 Å². The summed E-state index contributed by atoms with van der Waals surface area (Å²) in [6, 6.07) is 10.1. The van der Waals surface area contributed by atoms with Crippen LogP contribution in [0, 0.1) is 0 Å². The Bertz CT molecular complexity index is 556. The monoisotopic (exact) mass is 285 g/mol. The topological polar surface area (TPSA) is 38.1 Å². The van der Waals surface area contributed by atoms with Gasteiger partial charge in [-0.2, -0.15) is 5.10 Å². The maximum atomic E-state index is 12.5. The van der Waals surface area contributed by atoms with E-state index in [0.29, 0.717) is 12.1 Å². The summed E-state index contributed by atoms with van der Waals surface area (Å²) < 4.78 is 1.82. The molecule has 0 N–H and O–H groups in total. The molecule has 4 heteroatoms. The smallest absolute Gasteiger partial charge is 0.257 e.